The van der Waals surface area contributed by atoms with Crippen LogP contribution < -0.4 is 0 Å². The van der Waals surface area contributed by atoms with Gasteiger partial charge in [-0.1, -0.05) is 31.9 Å². The first-order valence-electron chi connectivity index (χ1n) is 6.95. The first kappa shape index (κ1) is 17.8. The third-order valence-electron chi connectivity index (χ3n) is 2.21. The van der Waals surface area contributed by atoms with Gasteiger partial charge in [0.15, 0.2) is 0 Å². The van der Waals surface area contributed by atoms with Crippen molar-refractivity contribution in [1.29, 1.82) is 0 Å². The van der Waals surface area contributed by atoms with Gasteiger partial charge in [0.25, 0.3) is 0 Å². The lowest BCUT2D eigenvalue weighted by molar-refractivity contribution is -0.0216. The molecular weight excluding hydrogens is 248 g/mol. The van der Waals surface area contributed by atoms with E-state index in [1.807, 2.05) is 26.8 Å². The highest BCUT2D eigenvalue weighted by Gasteiger charge is 2.44. The quantitative estimate of drug-likeness (QED) is 0.311. The molecule has 0 amide bonds. The van der Waals surface area contributed by atoms with Crippen LogP contribution in [0.3, 0.4) is 0 Å². The topological polar surface area (TPSA) is 36.9 Å². The molecule has 0 N–H and O–H groups in total. The fraction of sp³-hybridized carbons (Fsp3) is 0.846. The number of allylic oxidation sites excluding steroid dienone is 1. The summed E-state index contributed by atoms with van der Waals surface area (Å²) in [6.45, 7) is 10.0. The first-order chi connectivity index (χ1) is 8.74. The van der Waals surface area contributed by atoms with Crippen molar-refractivity contribution in [3.63, 3.8) is 0 Å². The second-order valence-corrected chi connectivity index (χ2v) is 5.88. The van der Waals surface area contributed by atoms with E-state index in [0.29, 0.717) is 26.4 Å². The second-order valence-electron chi connectivity index (χ2n) is 3.72. The van der Waals surface area contributed by atoms with Crippen LogP contribution in [0.15, 0.2) is 12.2 Å². The standard InChI is InChI=1S/C13H28O4Si/c1-5-9-10-11-12-13-17-18(14-6-2,15-7-3)16-8-4/h11-12H,5-10,13H2,1-4H3. The number of unbranched alkanes of at least 4 members (excludes halogenated alkanes) is 2. The van der Waals surface area contributed by atoms with Gasteiger partial charge in [0.05, 0.1) is 6.61 Å². The van der Waals surface area contributed by atoms with Gasteiger partial charge in [0.2, 0.25) is 0 Å². The van der Waals surface area contributed by atoms with E-state index in [9.17, 15) is 0 Å². The minimum Gasteiger partial charge on any atom is -0.351 e. The van der Waals surface area contributed by atoms with Crippen molar-refractivity contribution in [3.05, 3.63) is 12.2 Å². The van der Waals surface area contributed by atoms with Crippen molar-refractivity contribution >= 4 is 9.05 Å². The van der Waals surface area contributed by atoms with E-state index in [2.05, 4.69) is 13.0 Å². The van der Waals surface area contributed by atoms with E-state index in [1.54, 1.807) is 0 Å². The third-order valence-corrected chi connectivity index (χ3v) is 4.66. The highest BCUT2D eigenvalue weighted by atomic mass is 28.4. The summed E-state index contributed by atoms with van der Waals surface area (Å²) in [5.74, 6) is 0. The molecule has 0 unspecified atom stereocenters. The van der Waals surface area contributed by atoms with Crippen LogP contribution in [-0.4, -0.2) is 35.5 Å². The zero-order chi connectivity index (χ0) is 13.7. The van der Waals surface area contributed by atoms with Gasteiger partial charge in [-0.3, -0.25) is 0 Å². The Bertz CT molecular complexity index is 192. The Morgan fingerprint density at radius 3 is 1.78 bits per heavy atom. The van der Waals surface area contributed by atoms with Crippen LogP contribution in [0.25, 0.3) is 0 Å². The molecule has 18 heavy (non-hydrogen) atoms. The average Bonchev–Trinajstić information content (AvgIpc) is 2.35. The number of rotatable bonds is 12. The van der Waals surface area contributed by atoms with Crippen molar-refractivity contribution in [2.24, 2.45) is 0 Å². The summed E-state index contributed by atoms with van der Waals surface area (Å²) in [6, 6.07) is 0. The normalized spacial score (nSPS) is 12.4. The summed E-state index contributed by atoms with van der Waals surface area (Å²) in [6.07, 6.45) is 7.65. The Morgan fingerprint density at radius 1 is 0.778 bits per heavy atom. The highest BCUT2D eigenvalue weighted by molar-refractivity contribution is 6.53. The molecule has 0 saturated heterocycles. The van der Waals surface area contributed by atoms with E-state index in [0.717, 1.165) is 6.42 Å². The van der Waals surface area contributed by atoms with Gasteiger partial charge in [-0.25, -0.2) is 0 Å². The van der Waals surface area contributed by atoms with Crippen molar-refractivity contribution < 1.29 is 17.7 Å². The molecule has 0 heterocycles. The zero-order valence-corrected chi connectivity index (χ0v) is 13.2. The molecule has 0 radical (unpaired) electrons. The largest absolute Gasteiger partial charge is 0.679 e. The van der Waals surface area contributed by atoms with E-state index >= 15 is 0 Å². The summed E-state index contributed by atoms with van der Waals surface area (Å²) in [5, 5.41) is 0. The van der Waals surface area contributed by atoms with Gasteiger partial charge >= 0.3 is 9.05 Å². The molecule has 108 valence electrons. The number of hydrogen-bond acceptors (Lipinski definition) is 4. The summed E-state index contributed by atoms with van der Waals surface area (Å²) < 4.78 is 22.4. The minimum atomic E-state index is -2.92. The predicted octanol–water partition coefficient (Wildman–Crippen LogP) is 3.29. The zero-order valence-electron chi connectivity index (χ0n) is 12.2. The highest BCUT2D eigenvalue weighted by Crippen LogP contribution is 2.12. The van der Waals surface area contributed by atoms with Crippen LogP contribution in [0.5, 0.6) is 0 Å². The van der Waals surface area contributed by atoms with Crippen LogP contribution in [0.1, 0.15) is 47.0 Å². The van der Waals surface area contributed by atoms with E-state index in [1.165, 1.54) is 12.8 Å². The number of hydrogen-bond donors (Lipinski definition) is 0. The Balaban J connectivity index is 4.16. The fourth-order valence-electron chi connectivity index (χ4n) is 1.44. The molecule has 0 fully saturated rings. The van der Waals surface area contributed by atoms with Crippen molar-refractivity contribution in [1.82, 2.24) is 0 Å². The lowest BCUT2D eigenvalue weighted by Gasteiger charge is -2.26. The molecule has 0 aliphatic carbocycles. The van der Waals surface area contributed by atoms with Crippen LogP contribution >= 0.6 is 0 Å². The Kier molecular flexibility index (Phi) is 11.7. The minimum absolute atomic E-state index is 0.482. The molecule has 0 atom stereocenters. The molecular formula is C13H28O4Si. The molecule has 0 aromatic carbocycles. The Morgan fingerprint density at radius 2 is 1.33 bits per heavy atom. The predicted molar refractivity (Wildman–Crippen MR) is 75.2 cm³/mol. The van der Waals surface area contributed by atoms with Crippen molar-refractivity contribution in [2.75, 3.05) is 26.4 Å². The molecule has 0 bridgehead atoms. The summed E-state index contributed by atoms with van der Waals surface area (Å²) in [5.41, 5.74) is 0. The molecule has 4 nitrogen and oxygen atoms in total. The van der Waals surface area contributed by atoms with Crippen LogP contribution in [0, 0.1) is 0 Å². The maximum atomic E-state index is 5.72. The maximum Gasteiger partial charge on any atom is 0.679 e. The van der Waals surface area contributed by atoms with Gasteiger partial charge in [0, 0.05) is 19.8 Å². The summed E-state index contributed by atoms with van der Waals surface area (Å²) >= 11 is 0. The SMILES string of the molecule is CCCCC=CCO[Si](OCC)(OCC)OCC. The third kappa shape index (κ3) is 8.00. The van der Waals surface area contributed by atoms with E-state index in [4.69, 9.17) is 17.7 Å². The molecule has 0 aliphatic rings. The smallest absolute Gasteiger partial charge is 0.351 e. The first-order valence-corrected chi connectivity index (χ1v) is 8.58. The summed E-state index contributed by atoms with van der Waals surface area (Å²) in [7, 11) is -2.92. The van der Waals surface area contributed by atoms with Crippen molar-refractivity contribution in [2.45, 2.75) is 47.0 Å². The molecule has 0 saturated carbocycles. The molecule has 0 rings (SSSR count). The van der Waals surface area contributed by atoms with Gasteiger partial charge in [-0.05, 0) is 27.2 Å². The molecule has 0 spiro atoms. The Labute approximate surface area is 113 Å². The van der Waals surface area contributed by atoms with Gasteiger partial charge in [-0.2, -0.15) is 0 Å². The molecule has 0 aromatic heterocycles. The molecule has 0 aliphatic heterocycles. The Hall–Kier alpha value is -0.203. The monoisotopic (exact) mass is 276 g/mol. The van der Waals surface area contributed by atoms with E-state index in [-0.39, 0.29) is 0 Å². The second kappa shape index (κ2) is 11.9. The molecule has 0 aromatic rings. The van der Waals surface area contributed by atoms with Crippen LogP contribution in [-0.2, 0) is 17.7 Å². The maximum absolute atomic E-state index is 5.72. The van der Waals surface area contributed by atoms with Gasteiger partial charge < -0.3 is 17.7 Å². The van der Waals surface area contributed by atoms with Gasteiger partial charge in [-0.15, -0.1) is 0 Å². The lowest BCUT2D eigenvalue weighted by atomic mass is 10.2. The van der Waals surface area contributed by atoms with Crippen LogP contribution in [0.4, 0.5) is 0 Å². The molecule has 5 heteroatoms. The van der Waals surface area contributed by atoms with E-state index < -0.39 is 9.05 Å². The van der Waals surface area contributed by atoms with Gasteiger partial charge in [0.1, 0.15) is 0 Å². The average molecular weight is 276 g/mol. The van der Waals surface area contributed by atoms with Crippen LogP contribution in [0.2, 0.25) is 0 Å². The lowest BCUT2D eigenvalue weighted by Crippen LogP contribution is -2.49. The van der Waals surface area contributed by atoms with Crippen molar-refractivity contribution in [3.8, 4) is 0 Å². The summed E-state index contributed by atoms with van der Waals surface area (Å²) in [4.78, 5) is 0. The fourth-order valence-corrected chi connectivity index (χ4v) is 3.30.